The van der Waals surface area contributed by atoms with Crippen LogP contribution in [0.1, 0.15) is 18.6 Å². The minimum atomic E-state index is -1.72. The fourth-order valence-electron chi connectivity index (χ4n) is 1.72. The van der Waals surface area contributed by atoms with Gasteiger partial charge in [0.1, 0.15) is 13.2 Å². The van der Waals surface area contributed by atoms with Crippen LogP contribution in [0.15, 0.2) is 10.5 Å². The van der Waals surface area contributed by atoms with Crippen LogP contribution in [0.4, 0.5) is 4.39 Å². The van der Waals surface area contributed by atoms with Gasteiger partial charge < -0.3 is 19.3 Å². The first-order valence-corrected chi connectivity index (χ1v) is 6.47. The summed E-state index contributed by atoms with van der Waals surface area (Å²) in [7, 11) is 0. The monoisotopic (exact) mass is 334 g/mol. The first-order valence-electron chi connectivity index (χ1n) is 5.68. The summed E-state index contributed by atoms with van der Waals surface area (Å²) in [6.45, 7) is 2.22. The fraction of sp³-hybridized carbons (Fsp3) is 0.417. The average Bonchev–Trinajstić information content (AvgIpc) is 2.38. The molecule has 0 spiro atoms. The van der Waals surface area contributed by atoms with Gasteiger partial charge in [-0.25, -0.2) is 9.18 Å². The molecule has 1 atom stereocenters. The van der Waals surface area contributed by atoms with Crippen LogP contribution in [-0.4, -0.2) is 30.9 Å². The summed E-state index contributed by atoms with van der Waals surface area (Å²) in [4.78, 5) is 11.5. The minimum absolute atomic E-state index is 0.0969. The van der Waals surface area contributed by atoms with E-state index in [1.165, 1.54) is 6.07 Å². The fourth-order valence-corrected chi connectivity index (χ4v) is 2.32. The molecule has 7 heteroatoms. The number of hydrogen-bond acceptors (Lipinski definition) is 5. The molecule has 2 rings (SSSR count). The predicted molar refractivity (Wildman–Crippen MR) is 66.7 cm³/mol. The average molecular weight is 335 g/mol. The van der Waals surface area contributed by atoms with Crippen molar-refractivity contribution in [2.75, 3.05) is 19.8 Å². The molecule has 5 nitrogen and oxygen atoms in total. The van der Waals surface area contributed by atoms with Gasteiger partial charge in [-0.15, -0.1) is 0 Å². The number of esters is 1. The van der Waals surface area contributed by atoms with E-state index < -0.39 is 17.9 Å². The zero-order chi connectivity index (χ0) is 14.0. The second kappa shape index (κ2) is 5.75. The molecule has 0 aliphatic carbocycles. The quantitative estimate of drug-likeness (QED) is 0.856. The summed E-state index contributed by atoms with van der Waals surface area (Å²) in [5.41, 5.74) is -0.220. The molecule has 1 aromatic rings. The zero-order valence-electron chi connectivity index (χ0n) is 10.1. The van der Waals surface area contributed by atoms with Crippen LogP contribution in [0, 0.1) is 5.82 Å². The van der Waals surface area contributed by atoms with E-state index in [9.17, 15) is 14.3 Å². The number of carbonyl (C=O) groups excluding carboxylic acids is 1. The van der Waals surface area contributed by atoms with Crippen LogP contribution >= 0.6 is 15.9 Å². The van der Waals surface area contributed by atoms with Crippen molar-refractivity contribution in [2.24, 2.45) is 0 Å². The molecule has 19 heavy (non-hydrogen) atoms. The second-order valence-corrected chi connectivity index (χ2v) is 4.62. The Bertz CT molecular complexity index is 505. The Morgan fingerprint density at radius 2 is 2.26 bits per heavy atom. The minimum Gasteiger partial charge on any atom is -0.486 e. The second-order valence-electron chi connectivity index (χ2n) is 3.76. The topological polar surface area (TPSA) is 65.0 Å². The summed E-state index contributed by atoms with van der Waals surface area (Å²) >= 11 is 3.10. The Morgan fingerprint density at radius 3 is 2.95 bits per heavy atom. The molecule has 104 valence electrons. The van der Waals surface area contributed by atoms with E-state index in [4.69, 9.17) is 9.47 Å². The molecule has 0 amide bonds. The molecule has 1 unspecified atom stereocenters. The maximum absolute atomic E-state index is 14.3. The summed E-state index contributed by atoms with van der Waals surface area (Å²) in [6, 6.07) is 1.45. The highest BCUT2D eigenvalue weighted by Gasteiger charge is 2.30. The van der Waals surface area contributed by atoms with Crippen LogP contribution < -0.4 is 9.47 Å². The molecular formula is C12H12BrFO5. The number of rotatable bonds is 3. The van der Waals surface area contributed by atoms with Gasteiger partial charge >= 0.3 is 5.97 Å². The van der Waals surface area contributed by atoms with Crippen molar-refractivity contribution in [2.45, 2.75) is 13.0 Å². The highest BCUT2D eigenvalue weighted by molar-refractivity contribution is 9.10. The third-order valence-corrected chi connectivity index (χ3v) is 3.20. The Hall–Kier alpha value is -1.34. The molecule has 1 aliphatic heterocycles. The van der Waals surface area contributed by atoms with Gasteiger partial charge in [-0.1, -0.05) is 15.9 Å². The van der Waals surface area contributed by atoms with Crippen molar-refractivity contribution in [1.29, 1.82) is 0 Å². The SMILES string of the molecule is CCOC(=O)C(O)c1c(Br)cc2c(c1F)OCCO2. The number of halogens is 2. The Balaban J connectivity index is 2.43. The first-order chi connectivity index (χ1) is 9.06. The molecule has 0 radical (unpaired) electrons. The maximum Gasteiger partial charge on any atom is 0.339 e. The Morgan fingerprint density at radius 1 is 1.58 bits per heavy atom. The molecule has 1 aliphatic rings. The maximum atomic E-state index is 14.3. The molecule has 1 aromatic carbocycles. The van der Waals surface area contributed by atoms with Crippen molar-refractivity contribution in [1.82, 2.24) is 0 Å². The van der Waals surface area contributed by atoms with E-state index in [1.807, 2.05) is 0 Å². The lowest BCUT2D eigenvalue weighted by Crippen LogP contribution is -2.21. The molecule has 1 heterocycles. The van der Waals surface area contributed by atoms with Gasteiger partial charge in [0, 0.05) is 10.0 Å². The molecule has 0 bridgehead atoms. The van der Waals surface area contributed by atoms with E-state index in [0.717, 1.165) is 0 Å². The molecule has 0 aromatic heterocycles. The number of fused-ring (bicyclic) bond motifs is 1. The van der Waals surface area contributed by atoms with E-state index in [2.05, 4.69) is 20.7 Å². The van der Waals surface area contributed by atoms with E-state index in [-0.39, 0.29) is 34.7 Å². The van der Waals surface area contributed by atoms with Gasteiger partial charge in [0.25, 0.3) is 0 Å². The van der Waals surface area contributed by atoms with Gasteiger partial charge in [-0.2, -0.15) is 0 Å². The Labute approximate surface area is 117 Å². The lowest BCUT2D eigenvalue weighted by Gasteiger charge is -2.22. The van der Waals surface area contributed by atoms with Crippen molar-refractivity contribution in [3.8, 4) is 11.5 Å². The zero-order valence-corrected chi connectivity index (χ0v) is 11.7. The van der Waals surface area contributed by atoms with Crippen molar-refractivity contribution >= 4 is 21.9 Å². The Kier molecular flexibility index (Phi) is 4.26. The lowest BCUT2D eigenvalue weighted by molar-refractivity contribution is -0.153. The van der Waals surface area contributed by atoms with Crippen LogP contribution in [0.25, 0.3) is 0 Å². The summed E-state index contributed by atoms with van der Waals surface area (Å²) in [5, 5.41) is 9.84. The van der Waals surface area contributed by atoms with E-state index in [0.29, 0.717) is 6.61 Å². The highest BCUT2D eigenvalue weighted by atomic mass is 79.9. The molecule has 0 fully saturated rings. The van der Waals surface area contributed by atoms with Crippen LogP contribution in [-0.2, 0) is 9.53 Å². The molecular weight excluding hydrogens is 323 g/mol. The largest absolute Gasteiger partial charge is 0.486 e. The van der Waals surface area contributed by atoms with E-state index in [1.54, 1.807) is 6.92 Å². The first kappa shape index (κ1) is 14.1. The summed E-state index contributed by atoms with van der Waals surface area (Å²) in [6.07, 6.45) is -1.72. The van der Waals surface area contributed by atoms with Gasteiger partial charge in [-0.05, 0) is 13.0 Å². The number of aliphatic hydroxyl groups is 1. The molecule has 0 saturated carbocycles. The van der Waals surface area contributed by atoms with Crippen LogP contribution in [0.3, 0.4) is 0 Å². The van der Waals surface area contributed by atoms with Crippen molar-refractivity contribution in [3.05, 3.63) is 21.9 Å². The number of aliphatic hydroxyl groups excluding tert-OH is 1. The standard InChI is InChI=1S/C12H12BrFO5/c1-2-17-12(16)10(15)8-6(13)5-7-11(9(8)14)19-4-3-18-7/h5,10,15H,2-4H2,1H3. The smallest absolute Gasteiger partial charge is 0.339 e. The van der Waals surface area contributed by atoms with Crippen molar-refractivity contribution < 1.29 is 28.5 Å². The van der Waals surface area contributed by atoms with Crippen LogP contribution in [0.2, 0.25) is 0 Å². The number of hydrogen-bond donors (Lipinski definition) is 1. The highest BCUT2D eigenvalue weighted by Crippen LogP contribution is 2.41. The van der Waals surface area contributed by atoms with Gasteiger partial charge in [0.05, 0.1) is 6.61 Å². The third-order valence-electron chi connectivity index (χ3n) is 2.55. The predicted octanol–water partition coefficient (Wildman–Crippen LogP) is 1.96. The van der Waals surface area contributed by atoms with E-state index >= 15 is 0 Å². The molecule has 0 saturated heterocycles. The molecule has 1 N–H and O–H groups in total. The van der Waals surface area contributed by atoms with Gasteiger partial charge in [0.2, 0.25) is 0 Å². The van der Waals surface area contributed by atoms with Crippen molar-refractivity contribution in [3.63, 3.8) is 0 Å². The third kappa shape index (κ3) is 2.66. The van der Waals surface area contributed by atoms with Crippen LogP contribution in [0.5, 0.6) is 11.5 Å². The van der Waals surface area contributed by atoms with Gasteiger partial charge in [-0.3, -0.25) is 0 Å². The summed E-state index contributed by atoms with van der Waals surface area (Å²) < 4.78 is 29.5. The normalized spacial score (nSPS) is 14.9. The summed E-state index contributed by atoms with van der Waals surface area (Å²) in [5.74, 6) is -1.62. The lowest BCUT2D eigenvalue weighted by atomic mass is 10.1. The number of benzene rings is 1. The number of carbonyl (C=O) groups is 1. The van der Waals surface area contributed by atoms with Gasteiger partial charge in [0.15, 0.2) is 23.4 Å². The number of ether oxygens (including phenoxy) is 3.